The average molecular weight is 352 g/mol. The van der Waals surface area contributed by atoms with Crippen molar-refractivity contribution in [3.8, 4) is 0 Å². The number of nitrogens with zero attached hydrogens (tertiary/aromatic N) is 4. The Balaban J connectivity index is 1.46. The van der Waals surface area contributed by atoms with E-state index < -0.39 is 0 Å². The van der Waals surface area contributed by atoms with Gasteiger partial charge >= 0.3 is 0 Å². The van der Waals surface area contributed by atoms with Crippen LogP contribution in [0.3, 0.4) is 0 Å². The smallest absolute Gasteiger partial charge is 0.227 e. The summed E-state index contributed by atoms with van der Waals surface area (Å²) in [5.74, 6) is 0.894. The fourth-order valence-electron chi connectivity index (χ4n) is 3.39. The van der Waals surface area contributed by atoms with E-state index in [-0.39, 0.29) is 5.91 Å². The van der Waals surface area contributed by atoms with Crippen molar-refractivity contribution in [2.75, 3.05) is 49.1 Å². The van der Waals surface area contributed by atoms with E-state index in [1.54, 1.807) is 6.20 Å². The zero-order valence-corrected chi connectivity index (χ0v) is 15.6. The number of benzene rings is 1. The third-order valence-electron chi connectivity index (χ3n) is 4.88. The van der Waals surface area contributed by atoms with Crippen molar-refractivity contribution in [3.63, 3.8) is 0 Å². The number of amides is 1. The summed E-state index contributed by atoms with van der Waals surface area (Å²) in [4.78, 5) is 23.4. The monoisotopic (exact) mass is 352 g/mol. The second-order valence-corrected chi connectivity index (χ2v) is 6.60. The van der Waals surface area contributed by atoms with Crippen molar-refractivity contribution in [1.29, 1.82) is 0 Å². The van der Waals surface area contributed by atoms with Crippen molar-refractivity contribution in [2.24, 2.45) is 0 Å². The Morgan fingerprint density at radius 1 is 1.04 bits per heavy atom. The highest BCUT2D eigenvalue weighted by molar-refractivity contribution is 5.92. The van der Waals surface area contributed by atoms with Gasteiger partial charge in [0.15, 0.2) is 0 Å². The van der Waals surface area contributed by atoms with E-state index in [1.807, 2.05) is 30.0 Å². The van der Waals surface area contributed by atoms with Crippen LogP contribution in [0.25, 0.3) is 0 Å². The topological polar surface area (TPSA) is 39.7 Å². The van der Waals surface area contributed by atoms with Crippen LogP contribution < -0.4 is 9.80 Å². The number of carbonyl (C=O) groups excluding carboxylic acids is 1. The summed E-state index contributed by atoms with van der Waals surface area (Å²) >= 11 is 0. The lowest BCUT2D eigenvalue weighted by Gasteiger charge is -2.36. The highest BCUT2D eigenvalue weighted by Gasteiger charge is 2.18. The molecule has 2 aromatic rings. The van der Waals surface area contributed by atoms with Crippen molar-refractivity contribution in [1.82, 2.24) is 9.88 Å². The maximum atomic E-state index is 12.3. The lowest BCUT2D eigenvalue weighted by molar-refractivity contribution is -0.118. The van der Waals surface area contributed by atoms with Gasteiger partial charge < -0.3 is 4.90 Å². The van der Waals surface area contributed by atoms with Crippen LogP contribution in [0.4, 0.5) is 11.5 Å². The second kappa shape index (κ2) is 9.34. The third kappa shape index (κ3) is 4.82. The van der Waals surface area contributed by atoms with Gasteiger partial charge in [-0.3, -0.25) is 14.6 Å². The van der Waals surface area contributed by atoms with Gasteiger partial charge in [-0.05, 0) is 37.2 Å². The maximum Gasteiger partial charge on any atom is 0.227 e. The molecule has 0 N–H and O–H groups in total. The first-order chi connectivity index (χ1) is 12.8. The van der Waals surface area contributed by atoms with Gasteiger partial charge in [-0.25, -0.2) is 4.98 Å². The number of hydrogen-bond acceptors (Lipinski definition) is 4. The third-order valence-corrected chi connectivity index (χ3v) is 4.88. The number of para-hydroxylation sites is 1. The zero-order valence-electron chi connectivity index (χ0n) is 15.6. The maximum absolute atomic E-state index is 12.3. The lowest BCUT2D eigenvalue weighted by atomic mass is 10.2. The van der Waals surface area contributed by atoms with E-state index in [2.05, 4.69) is 45.1 Å². The van der Waals surface area contributed by atoms with Gasteiger partial charge in [-0.2, -0.15) is 0 Å². The van der Waals surface area contributed by atoms with Crippen molar-refractivity contribution < 1.29 is 4.79 Å². The Morgan fingerprint density at radius 3 is 2.42 bits per heavy atom. The van der Waals surface area contributed by atoms with Crippen LogP contribution in [0.5, 0.6) is 0 Å². The highest BCUT2D eigenvalue weighted by atomic mass is 16.2. The van der Waals surface area contributed by atoms with E-state index in [4.69, 9.17) is 0 Å². The number of anilines is 2. The predicted octanol–water partition coefficient (Wildman–Crippen LogP) is 3.04. The molecule has 1 aliphatic heterocycles. The molecule has 1 aliphatic rings. The molecule has 0 unspecified atom stereocenters. The fraction of sp³-hybridized carbons (Fsp3) is 0.429. The van der Waals surface area contributed by atoms with Crippen LogP contribution in [-0.4, -0.2) is 55.1 Å². The molecule has 5 heteroatoms. The summed E-state index contributed by atoms with van der Waals surface area (Å²) in [6.45, 7) is 7.90. The molecular weight excluding hydrogens is 324 g/mol. The molecular formula is C21H28N4O. The normalized spacial score (nSPS) is 15.0. The molecule has 0 spiro atoms. The summed E-state index contributed by atoms with van der Waals surface area (Å²) in [7, 11) is 0. The predicted molar refractivity (Wildman–Crippen MR) is 107 cm³/mol. The van der Waals surface area contributed by atoms with Gasteiger partial charge in [0, 0.05) is 51.0 Å². The highest BCUT2D eigenvalue weighted by Crippen LogP contribution is 2.16. The zero-order chi connectivity index (χ0) is 18.2. The number of carbonyl (C=O) groups is 1. The minimum Gasteiger partial charge on any atom is -0.369 e. The molecule has 1 amide bonds. The number of aromatic nitrogens is 1. The van der Waals surface area contributed by atoms with Crippen LogP contribution in [-0.2, 0) is 4.79 Å². The standard InChI is InChI=1S/C21H28N4O/c1-2-21(26)25(20-11-6-7-12-22-20)14-8-13-23-15-17-24(18-16-23)19-9-4-3-5-10-19/h3-7,9-12H,2,8,13-18H2,1H3. The molecule has 3 rings (SSSR count). The van der Waals surface area contributed by atoms with Crippen LogP contribution in [0.15, 0.2) is 54.7 Å². The van der Waals surface area contributed by atoms with Gasteiger partial charge in [0.25, 0.3) is 0 Å². The summed E-state index contributed by atoms with van der Waals surface area (Å²) in [5.41, 5.74) is 1.31. The van der Waals surface area contributed by atoms with Gasteiger partial charge in [-0.15, -0.1) is 0 Å². The Bertz CT molecular complexity index is 669. The Hall–Kier alpha value is -2.40. The van der Waals surface area contributed by atoms with Crippen molar-refractivity contribution in [3.05, 3.63) is 54.7 Å². The van der Waals surface area contributed by atoms with Crippen molar-refractivity contribution in [2.45, 2.75) is 19.8 Å². The fourth-order valence-corrected chi connectivity index (χ4v) is 3.39. The molecule has 2 heterocycles. The van der Waals surface area contributed by atoms with E-state index in [1.165, 1.54) is 5.69 Å². The molecule has 5 nitrogen and oxygen atoms in total. The van der Waals surface area contributed by atoms with Crippen LogP contribution in [0.1, 0.15) is 19.8 Å². The van der Waals surface area contributed by atoms with Crippen LogP contribution in [0, 0.1) is 0 Å². The molecule has 0 atom stereocenters. The van der Waals surface area contributed by atoms with Gasteiger partial charge in [0.2, 0.25) is 5.91 Å². The molecule has 1 aromatic carbocycles. The largest absolute Gasteiger partial charge is 0.369 e. The van der Waals surface area contributed by atoms with Gasteiger partial charge in [0.1, 0.15) is 5.82 Å². The summed E-state index contributed by atoms with van der Waals surface area (Å²) in [5, 5.41) is 0. The van der Waals surface area contributed by atoms with Gasteiger partial charge in [0.05, 0.1) is 0 Å². The molecule has 0 saturated carbocycles. The first-order valence-electron chi connectivity index (χ1n) is 9.51. The first kappa shape index (κ1) is 18.4. The average Bonchev–Trinajstić information content (AvgIpc) is 2.72. The molecule has 1 fully saturated rings. The molecule has 1 saturated heterocycles. The Labute approximate surface area is 156 Å². The molecule has 0 bridgehead atoms. The van der Waals surface area contributed by atoms with E-state index >= 15 is 0 Å². The SMILES string of the molecule is CCC(=O)N(CCCN1CCN(c2ccccc2)CC1)c1ccccn1. The number of piperazine rings is 1. The first-order valence-corrected chi connectivity index (χ1v) is 9.51. The van der Waals surface area contributed by atoms with E-state index in [9.17, 15) is 4.79 Å². The Morgan fingerprint density at radius 2 is 1.77 bits per heavy atom. The van der Waals surface area contributed by atoms with Crippen molar-refractivity contribution >= 4 is 17.4 Å². The number of pyridine rings is 1. The number of rotatable bonds is 7. The van der Waals surface area contributed by atoms with E-state index in [0.717, 1.165) is 51.5 Å². The minimum absolute atomic E-state index is 0.137. The van der Waals surface area contributed by atoms with Gasteiger partial charge in [-0.1, -0.05) is 31.2 Å². The quantitative estimate of drug-likeness (QED) is 0.768. The number of hydrogen-bond donors (Lipinski definition) is 0. The Kier molecular flexibility index (Phi) is 6.61. The summed E-state index contributed by atoms with van der Waals surface area (Å²) in [6.07, 6.45) is 3.22. The summed E-state index contributed by atoms with van der Waals surface area (Å²) < 4.78 is 0. The van der Waals surface area contributed by atoms with Crippen LogP contribution in [0.2, 0.25) is 0 Å². The molecule has 0 radical (unpaired) electrons. The summed E-state index contributed by atoms with van der Waals surface area (Å²) in [6, 6.07) is 16.3. The molecule has 0 aliphatic carbocycles. The molecule has 138 valence electrons. The lowest BCUT2D eigenvalue weighted by Crippen LogP contribution is -2.47. The molecule has 1 aromatic heterocycles. The van der Waals surface area contributed by atoms with E-state index in [0.29, 0.717) is 6.42 Å². The minimum atomic E-state index is 0.137. The molecule has 26 heavy (non-hydrogen) atoms. The second-order valence-electron chi connectivity index (χ2n) is 6.60. The van der Waals surface area contributed by atoms with Crippen LogP contribution >= 0.6 is 0 Å².